The van der Waals surface area contributed by atoms with Crippen LogP contribution < -0.4 is 4.84 Å². The molecule has 1 N–H and O–H groups in total. The largest absolute Gasteiger partial charge is 0.531 e. The molecule has 1 fully saturated rings. The number of hydrogen-bond donors (Lipinski definition) is 1. The summed E-state index contributed by atoms with van der Waals surface area (Å²) in [5.74, 6) is 0.466. The number of carboxylic acid groups (broad SMARTS) is 1. The van der Waals surface area contributed by atoms with E-state index in [1.54, 1.807) is 42.7 Å². The van der Waals surface area contributed by atoms with E-state index in [2.05, 4.69) is 14.5 Å². The number of piperidine rings is 1. The summed E-state index contributed by atoms with van der Waals surface area (Å²) in [6, 6.07) is 12.8. The Balaban J connectivity index is 1.32. The summed E-state index contributed by atoms with van der Waals surface area (Å²) < 4.78 is 45.5. The predicted octanol–water partition coefficient (Wildman–Crippen LogP) is 4.63. The molecule has 1 saturated heterocycles. The van der Waals surface area contributed by atoms with E-state index in [1.165, 1.54) is 22.6 Å². The minimum atomic E-state index is -3.98. The first kappa shape index (κ1) is 25.0. The van der Waals surface area contributed by atoms with Crippen LogP contribution in [0.25, 0.3) is 33.1 Å². The first-order valence-electron chi connectivity index (χ1n) is 12.3. The van der Waals surface area contributed by atoms with E-state index in [0.717, 1.165) is 21.6 Å². The molecule has 39 heavy (non-hydrogen) atoms. The Bertz CT molecular complexity index is 1820. The lowest BCUT2D eigenvalue weighted by Gasteiger charge is -2.32. The molecule has 2 aromatic carbocycles. The second-order valence-electron chi connectivity index (χ2n) is 9.44. The van der Waals surface area contributed by atoms with Crippen LogP contribution in [-0.4, -0.2) is 56.3 Å². The Hall–Kier alpha value is -4.29. The van der Waals surface area contributed by atoms with Gasteiger partial charge in [-0.05, 0) is 55.2 Å². The van der Waals surface area contributed by atoms with Crippen molar-refractivity contribution >= 4 is 38.1 Å². The molecule has 10 nitrogen and oxygen atoms in total. The number of carbonyl (C=O) groups is 1. The molecule has 1 aliphatic rings. The van der Waals surface area contributed by atoms with E-state index in [0.29, 0.717) is 29.4 Å². The van der Waals surface area contributed by atoms with E-state index >= 15 is 0 Å². The maximum Gasteiger partial charge on any atom is 0.531 e. The number of halogens is 1. The highest BCUT2D eigenvalue weighted by atomic mass is 32.2. The highest BCUT2D eigenvalue weighted by Crippen LogP contribution is 2.35. The Morgan fingerprint density at radius 3 is 2.49 bits per heavy atom. The lowest BCUT2D eigenvalue weighted by atomic mass is 10.0. The summed E-state index contributed by atoms with van der Waals surface area (Å²) in [5.41, 5.74) is 3.37. The lowest BCUT2D eigenvalue weighted by molar-refractivity contribution is 0.0858. The summed E-state index contributed by atoms with van der Waals surface area (Å²) in [6.45, 7) is 2.51. The summed E-state index contributed by atoms with van der Waals surface area (Å²) in [7, 11) is -3.98. The summed E-state index contributed by atoms with van der Waals surface area (Å²) >= 11 is 0. The predicted molar refractivity (Wildman–Crippen MR) is 141 cm³/mol. The summed E-state index contributed by atoms with van der Waals surface area (Å²) in [5, 5.41) is 9.59. The van der Waals surface area contributed by atoms with Gasteiger partial charge in [-0.1, -0.05) is 24.3 Å². The molecule has 0 radical (unpaired) electrons. The third-order valence-corrected chi connectivity index (χ3v) is 9.09. The van der Waals surface area contributed by atoms with Crippen molar-refractivity contribution in [3.05, 3.63) is 78.8 Å². The van der Waals surface area contributed by atoms with E-state index in [4.69, 9.17) is 4.84 Å². The molecule has 0 unspecified atom stereocenters. The van der Waals surface area contributed by atoms with Crippen molar-refractivity contribution in [2.75, 3.05) is 13.1 Å². The molecule has 200 valence electrons. The van der Waals surface area contributed by atoms with Gasteiger partial charge in [-0.15, -0.1) is 0 Å². The van der Waals surface area contributed by atoms with Crippen molar-refractivity contribution in [2.24, 2.45) is 0 Å². The molecular formula is C27H24FN5O5S. The summed E-state index contributed by atoms with van der Waals surface area (Å²) in [6.07, 6.45) is 4.22. The zero-order valence-electron chi connectivity index (χ0n) is 20.9. The average molecular weight is 550 g/mol. The molecule has 4 heterocycles. The highest BCUT2D eigenvalue weighted by Gasteiger charge is 2.33. The van der Waals surface area contributed by atoms with Crippen molar-refractivity contribution in [3.63, 3.8) is 0 Å². The third-order valence-electron chi connectivity index (χ3n) is 7.16. The smallest absolute Gasteiger partial charge is 0.448 e. The van der Waals surface area contributed by atoms with Gasteiger partial charge in [0.1, 0.15) is 22.1 Å². The summed E-state index contributed by atoms with van der Waals surface area (Å²) in [4.78, 5) is 24.9. The standard InChI is InChI=1S/C27H24FN5O5S/c1-17-30-23-15-29-11-8-24(23)33(17)21-9-12-31(13-10-21)39(36,37)26-16-32(38-27(34)35)25-14-19(4-7-22(25)26)18-2-5-20(28)6-3-18/h2-8,11,14-16,21H,9-10,12-13H2,1H3,(H,34,35). The highest BCUT2D eigenvalue weighted by molar-refractivity contribution is 7.89. The molecule has 0 saturated carbocycles. The van der Waals surface area contributed by atoms with Crippen LogP contribution in [0.4, 0.5) is 9.18 Å². The van der Waals surface area contributed by atoms with E-state index in [9.17, 15) is 22.7 Å². The van der Waals surface area contributed by atoms with Crippen LogP contribution in [0, 0.1) is 12.7 Å². The molecule has 5 aromatic rings. The number of hydrogen-bond acceptors (Lipinski definition) is 6. The Morgan fingerprint density at radius 1 is 1.05 bits per heavy atom. The van der Waals surface area contributed by atoms with Crippen LogP contribution >= 0.6 is 0 Å². The zero-order chi connectivity index (χ0) is 27.3. The molecule has 12 heteroatoms. The molecular weight excluding hydrogens is 525 g/mol. The van der Waals surface area contributed by atoms with Crippen molar-refractivity contribution in [1.29, 1.82) is 0 Å². The number of aromatic nitrogens is 4. The second-order valence-corrected chi connectivity index (χ2v) is 11.4. The molecule has 0 spiro atoms. The van der Waals surface area contributed by atoms with Crippen LogP contribution in [0.1, 0.15) is 24.7 Å². The number of nitrogens with zero attached hydrogens (tertiary/aromatic N) is 5. The van der Waals surface area contributed by atoms with Gasteiger partial charge in [-0.25, -0.2) is 22.6 Å². The molecule has 6 rings (SSSR count). The molecule has 0 atom stereocenters. The van der Waals surface area contributed by atoms with E-state index in [-0.39, 0.29) is 35.4 Å². The van der Waals surface area contributed by atoms with Crippen LogP contribution in [0.5, 0.6) is 0 Å². The van der Waals surface area contributed by atoms with Crippen LogP contribution in [0.15, 0.2) is 72.0 Å². The van der Waals surface area contributed by atoms with Gasteiger partial charge in [0.2, 0.25) is 10.0 Å². The van der Waals surface area contributed by atoms with Gasteiger partial charge in [0.15, 0.2) is 0 Å². The monoisotopic (exact) mass is 549 g/mol. The van der Waals surface area contributed by atoms with Crippen molar-refractivity contribution in [3.8, 4) is 11.1 Å². The number of imidazole rings is 1. The number of aryl methyl sites for hydroxylation is 1. The Labute approximate surface area is 222 Å². The Kier molecular flexibility index (Phi) is 6.07. The van der Waals surface area contributed by atoms with Gasteiger partial charge in [0, 0.05) is 30.7 Å². The Morgan fingerprint density at radius 2 is 1.77 bits per heavy atom. The van der Waals surface area contributed by atoms with Gasteiger partial charge in [-0.2, -0.15) is 9.04 Å². The quantitative estimate of drug-likeness (QED) is 0.339. The van der Waals surface area contributed by atoms with Crippen LogP contribution in [0.3, 0.4) is 0 Å². The molecule has 0 bridgehead atoms. The minimum Gasteiger partial charge on any atom is -0.448 e. The van der Waals surface area contributed by atoms with Gasteiger partial charge < -0.3 is 14.5 Å². The normalized spacial score (nSPS) is 15.2. The molecule has 3 aromatic heterocycles. The first-order valence-corrected chi connectivity index (χ1v) is 13.8. The van der Waals surface area contributed by atoms with Crippen molar-refractivity contribution in [2.45, 2.75) is 30.7 Å². The molecule has 0 aliphatic carbocycles. The number of benzene rings is 2. The van der Waals surface area contributed by atoms with Crippen molar-refractivity contribution < 1.29 is 27.5 Å². The van der Waals surface area contributed by atoms with Crippen molar-refractivity contribution in [1.82, 2.24) is 23.6 Å². The fraction of sp³-hybridized carbons (Fsp3) is 0.222. The zero-order valence-corrected chi connectivity index (χ0v) is 21.7. The SMILES string of the molecule is Cc1nc2cnccc2n1C1CCN(S(=O)(=O)c2cn(OC(=O)O)c3cc(-c4ccc(F)cc4)ccc23)CC1. The molecule has 1 aliphatic heterocycles. The third kappa shape index (κ3) is 4.41. The topological polar surface area (TPSA) is 120 Å². The maximum atomic E-state index is 13.8. The average Bonchev–Trinajstić information content (AvgIpc) is 3.45. The van der Waals surface area contributed by atoms with E-state index < -0.39 is 16.2 Å². The fourth-order valence-electron chi connectivity index (χ4n) is 5.37. The second kappa shape index (κ2) is 9.47. The van der Waals surface area contributed by atoms with Crippen LogP contribution in [0.2, 0.25) is 0 Å². The van der Waals surface area contributed by atoms with Gasteiger partial charge in [0.25, 0.3) is 0 Å². The number of fused-ring (bicyclic) bond motifs is 2. The number of pyridine rings is 1. The van der Waals surface area contributed by atoms with Gasteiger partial charge in [-0.3, -0.25) is 4.98 Å². The molecule has 0 amide bonds. The van der Waals surface area contributed by atoms with Crippen LogP contribution in [-0.2, 0) is 10.0 Å². The minimum absolute atomic E-state index is 0.0433. The fourth-order valence-corrected chi connectivity index (χ4v) is 7.02. The number of rotatable bonds is 5. The lowest BCUT2D eigenvalue weighted by Crippen LogP contribution is -2.39. The van der Waals surface area contributed by atoms with Gasteiger partial charge in [0.05, 0.1) is 23.4 Å². The van der Waals surface area contributed by atoms with Gasteiger partial charge >= 0.3 is 6.16 Å². The van der Waals surface area contributed by atoms with E-state index in [1.807, 2.05) is 13.0 Å². The first-order chi connectivity index (χ1) is 18.7. The maximum absolute atomic E-state index is 13.8. The number of sulfonamides is 1.